The molecule has 0 saturated carbocycles. The zero-order chi connectivity index (χ0) is 18.6. The van der Waals surface area contributed by atoms with Crippen molar-refractivity contribution in [1.82, 2.24) is 9.21 Å². The summed E-state index contributed by atoms with van der Waals surface area (Å²) in [4.78, 5) is 14.5. The number of carbonyl (C=O) groups excluding carboxylic acids is 1. The number of carbonyl (C=O) groups is 1. The van der Waals surface area contributed by atoms with Gasteiger partial charge in [0, 0.05) is 31.4 Å². The summed E-state index contributed by atoms with van der Waals surface area (Å²) in [5.74, 6) is -0.581. The monoisotopic (exact) mass is 440 g/mol. The largest absolute Gasteiger partial charge is 0.327 e. The first-order valence-electron chi connectivity index (χ1n) is 8.57. The first-order chi connectivity index (χ1) is 11.7. The van der Waals surface area contributed by atoms with Crippen molar-refractivity contribution in [2.45, 2.75) is 31.2 Å². The molecule has 0 spiro atoms. The summed E-state index contributed by atoms with van der Waals surface area (Å²) in [6, 6.07) is 6.12. The van der Waals surface area contributed by atoms with E-state index in [2.05, 4.69) is 10.2 Å². The molecule has 1 heterocycles. The number of rotatable bonds is 5. The Balaban J connectivity index is 0.00000338. The van der Waals surface area contributed by atoms with E-state index >= 15 is 0 Å². The quantitative estimate of drug-likeness (QED) is 0.726. The lowest BCUT2D eigenvalue weighted by molar-refractivity contribution is -0.119. The first kappa shape index (κ1) is 26.1. The van der Waals surface area contributed by atoms with Crippen LogP contribution in [0.5, 0.6) is 0 Å². The van der Waals surface area contributed by atoms with Gasteiger partial charge in [0.25, 0.3) is 0 Å². The minimum atomic E-state index is -3.57. The molecule has 1 amide bonds. The number of halogens is 2. The van der Waals surface area contributed by atoms with E-state index in [1.165, 1.54) is 10.4 Å². The average molecular weight is 441 g/mol. The summed E-state index contributed by atoms with van der Waals surface area (Å²) in [6.07, 6.45) is 0.804. The average Bonchev–Trinajstić information content (AvgIpc) is 2.79. The third kappa shape index (κ3) is 6.89. The maximum Gasteiger partial charge on any atom is 0.243 e. The Kier molecular flexibility index (Phi) is 10.8. The lowest BCUT2D eigenvalue weighted by atomic mass is 10.0. The van der Waals surface area contributed by atoms with Gasteiger partial charge < -0.3 is 16.0 Å². The topological polar surface area (TPSA) is 95.7 Å². The summed E-state index contributed by atoms with van der Waals surface area (Å²) in [5.41, 5.74) is 6.21. The Bertz CT molecular complexity index is 716. The van der Waals surface area contributed by atoms with Crippen LogP contribution >= 0.6 is 24.8 Å². The van der Waals surface area contributed by atoms with Crippen LogP contribution < -0.4 is 11.1 Å². The van der Waals surface area contributed by atoms with Crippen LogP contribution in [0.1, 0.15) is 20.3 Å². The summed E-state index contributed by atoms with van der Waals surface area (Å²) in [7, 11) is -1.58. The van der Waals surface area contributed by atoms with Gasteiger partial charge in [-0.15, -0.1) is 24.8 Å². The van der Waals surface area contributed by atoms with E-state index in [1.807, 2.05) is 7.05 Å². The Morgan fingerprint density at radius 3 is 2.44 bits per heavy atom. The van der Waals surface area contributed by atoms with Crippen LogP contribution in [0.4, 0.5) is 5.69 Å². The molecule has 0 radical (unpaired) electrons. The summed E-state index contributed by atoms with van der Waals surface area (Å²) < 4.78 is 27.3. The number of nitrogens with one attached hydrogen (secondary N) is 1. The fourth-order valence-electron chi connectivity index (χ4n) is 2.64. The molecule has 2 atom stereocenters. The van der Waals surface area contributed by atoms with Crippen LogP contribution in [0.2, 0.25) is 0 Å². The third-order valence-corrected chi connectivity index (χ3v) is 6.51. The van der Waals surface area contributed by atoms with Crippen LogP contribution in [-0.2, 0) is 14.8 Å². The summed E-state index contributed by atoms with van der Waals surface area (Å²) in [5, 5.41) is 2.75. The van der Waals surface area contributed by atoms with Gasteiger partial charge >= 0.3 is 0 Å². The highest BCUT2D eigenvalue weighted by atomic mass is 35.5. The van der Waals surface area contributed by atoms with Crippen molar-refractivity contribution in [2.24, 2.45) is 11.7 Å². The predicted molar refractivity (Wildman–Crippen MR) is 113 cm³/mol. The summed E-state index contributed by atoms with van der Waals surface area (Å²) in [6.45, 7) is 6.08. The molecule has 27 heavy (non-hydrogen) atoms. The second-order valence-electron chi connectivity index (χ2n) is 6.73. The summed E-state index contributed by atoms with van der Waals surface area (Å²) >= 11 is 0. The molecule has 2 rings (SSSR count). The van der Waals surface area contributed by atoms with Crippen molar-refractivity contribution in [3.8, 4) is 0 Å². The van der Waals surface area contributed by atoms with Crippen molar-refractivity contribution in [3.63, 3.8) is 0 Å². The molecule has 1 aliphatic rings. The molecule has 156 valence electrons. The molecule has 1 aromatic rings. The van der Waals surface area contributed by atoms with E-state index in [0.29, 0.717) is 25.3 Å². The molecule has 10 heteroatoms. The van der Waals surface area contributed by atoms with Gasteiger partial charge in [-0.2, -0.15) is 4.31 Å². The van der Waals surface area contributed by atoms with Crippen LogP contribution in [0, 0.1) is 5.92 Å². The van der Waals surface area contributed by atoms with Gasteiger partial charge in [0.2, 0.25) is 15.9 Å². The van der Waals surface area contributed by atoms with Crippen LogP contribution in [0.15, 0.2) is 29.2 Å². The molecule has 1 saturated heterocycles. The van der Waals surface area contributed by atoms with Gasteiger partial charge in [0.15, 0.2) is 0 Å². The standard InChI is InChI=1S/C17H28N4O3S.2ClH/c1-13(14(2)18)17(22)19-15-6-4-7-16(12-15)25(23,24)21-9-5-8-20(3)10-11-21;;/h4,6-7,12-14H,5,8-11,18H2,1-3H3,(H,19,22);2*1H. The molecule has 3 N–H and O–H groups in total. The number of likely N-dealkylation sites (N-methyl/N-ethyl adjacent to an activating group) is 1. The van der Waals surface area contributed by atoms with Gasteiger partial charge in [-0.1, -0.05) is 13.0 Å². The normalized spacial score (nSPS) is 18.4. The molecule has 0 bridgehead atoms. The number of benzene rings is 1. The van der Waals surface area contributed by atoms with E-state index in [0.717, 1.165) is 13.0 Å². The Morgan fingerprint density at radius 1 is 1.15 bits per heavy atom. The van der Waals surface area contributed by atoms with E-state index in [9.17, 15) is 13.2 Å². The molecule has 1 fully saturated rings. The Hall–Kier alpha value is -0.900. The van der Waals surface area contributed by atoms with Crippen molar-refractivity contribution >= 4 is 46.4 Å². The molecule has 7 nitrogen and oxygen atoms in total. The van der Waals surface area contributed by atoms with Gasteiger partial charge in [0.1, 0.15) is 0 Å². The van der Waals surface area contributed by atoms with Gasteiger partial charge in [-0.3, -0.25) is 4.79 Å². The first-order valence-corrected chi connectivity index (χ1v) is 10.0. The lowest BCUT2D eigenvalue weighted by Gasteiger charge is -2.21. The molecule has 2 unspecified atom stereocenters. The molecule has 1 aromatic carbocycles. The van der Waals surface area contributed by atoms with E-state index < -0.39 is 10.0 Å². The Morgan fingerprint density at radius 2 is 1.81 bits per heavy atom. The number of amides is 1. The van der Waals surface area contributed by atoms with E-state index in [4.69, 9.17) is 5.73 Å². The number of hydrogen-bond donors (Lipinski definition) is 2. The minimum absolute atomic E-state index is 0. The third-order valence-electron chi connectivity index (χ3n) is 4.62. The van der Waals surface area contributed by atoms with Gasteiger partial charge in [-0.05, 0) is 45.1 Å². The van der Waals surface area contributed by atoms with E-state index in [1.54, 1.807) is 32.0 Å². The number of sulfonamides is 1. The number of nitrogens with two attached hydrogens (primary N) is 1. The van der Waals surface area contributed by atoms with Crippen LogP contribution in [0.25, 0.3) is 0 Å². The highest BCUT2D eigenvalue weighted by Crippen LogP contribution is 2.21. The number of anilines is 1. The van der Waals surface area contributed by atoms with Gasteiger partial charge in [-0.25, -0.2) is 8.42 Å². The lowest BCUT2D eigenvalue weighted by Crippen LogP contribution is -2.35. The van der Waals surface area contributed by atoms with Crippen LogP contribution in [0.3, 0.4) is 0 Å². The number of nitrogens with zero attached hydrogens (tertiary/aromatic N) is 2. The number of hydrogen-bond acceptors (Lipinski definition) is 5. The van der Waals surface area contributed by atoms with Crippen LogP contribution in [-0.4, -0.2) is 62.8 Å². The molecular formula is C17H30Cl2N4O3S. The fraction of sp³-hybridized carbons (Fsp3) is 0.588. The smallest absolute Gasteiger partial charge is 0.243 e. The zero-order valence-corrected chi connectivity index (χ0v) is 18.4. The second kappa shape index (κ2) is 11.2. The maximum atomic E-state index is 12.9. The van der Waals surface area contributed by atoms with Crippen molar-refractivity contribution in [2.75, 3.05) is 38.5 Å². The fourth-order valence-corrected chi connectivity index (χ4v) is 4.16. The van der Waals surface area contributed by atoms with E-state index in [-0.39, 0.29) is 47.6 Å². The molecule has 0 aromatic heterocycles. The minimum Gasteiger partial charge on any atom is -0.327 e. The molecule has 0 aliphatic carbocycles. The SMILES string of the molecule is CC(N)C(C)C(=O)Nc1cccc(S(=O)(=O)N2CCCN(C)CC2)c1.Cl.Cl. The maximum absolute atomic E-state index is 12.9. The predicted octanol–water partition coefficient (Wildman–Crippen LogP) is 1.78. The highest BCUT2D eigenvalue weighted by molar-refractivity contribution is 7.89. The van der Waals surface area contributed by atoms with Crippen molar-refractivity contribution in [3.05, 3.63) is 24.3 Å². The van der Waals surface area contributed by atoms with Crippen molar-refractivity contribution in [1.29, 1.82) is 0 Å². The highest BCUT2D eigenvalue weighted by Gasteiger charge is 2.26. The molecule has 1 aliphatic heterocycles. The Labute approximate surface area is 174 Å². The molecular weight excluding hydrogens is 411 g/mol. The second-order valence-corrected chi connectivity index (χ2v) is 8.66. The van der Waals surface area contributed by atoms with Crippen molar-refractivity contribution < 1.29 is 13.2 Å². The zero-order valence-electron chi connectivity index (χ0n) is 15.9. The van der Waals surface area contributed by atoms with Gasteiger partial charge in [0.05, 0.1) is 10.8 Å².